The molecule has 0 bridgehead atoms. The van der Waals surface area contributed by atoms with Crippen molar-refractivity contribution in [2.45, 2.75) is 44.4 Å². The van der Waals surface area contributed by atoms with Crippen LogP contribution < -0.4 is 5.32 Å². The first kappa shape index (κ1) is 13.3. The minimum Gasteiger partial charge on any atom is -0.393 e. The van der Waals surface area contributed by atoms with E-state index >= 15 is 0 Å². The molecule has 2 N–H and O–H groups in total. The molecule has 0 unspecified atom stereocenters. The van der Waals surface area contributed by atoms with Crippen molar-refractivity contribution >= 4 is 27.5 Å². The SMILES string of the molecule is OC1CCC(NCc2cc(Cl)ccc2Br)CC1. The third-order valence-corrected chi connectivity index (χ3v) is 4.29. The van der Waals surface area contributed by atoms with Crippen LogP contribution in [0.25, 0.3) is 0 Å². The molecule has 4 heteroatoms. The highest BCUT2D eigenvalue weighted by atomic mass is 79.9. The van der Waals surface area contributed by atoms with Gasteiger partial charge in [0.25, 0.3) is 0 Å². The van der Waals surface area contributed by atoms with Crippen molar-refractivity contribution in [2.75, 3.05) is 0 Å². The van der Waals surface area contributed by atoms with Gasteiger partial charge in [-0.05, 0) is 49.4 Å². The van der Waals surface area contributed by atoms with Crippen LogP contribution in [0.15, 0.2) is 22.7 Å². The van der Waals surface area contributed by atoms with Crippen LogP contribution in [0.4, 0.5) is 0 Å². The van der Waals surface area contributed by atoms with E-state index in [0.717, 1.165) is 41.7 Å². The second-order valence-electron chi connectivity index (χ2n) is 4.62. The van der Waals surface area contributed by atoms with Gasteiger partial charge in [0.1, 0.15) is 0 Å². The van der Waals surface area contributed by atoms with Gasteiger partial charge in [0.15, 0.2) is 0 Å². The molecule has 1 saturated carbocycles. The lowest BCUT2D eigenvalue weighted by molar-refractivity contribution is 0.116. The molecule has 0 saturated heterocycles. The van der Waals surface area contributed by atoms with E-state index in [1.807, 2.05) is 18.2 Å². The predicted octanol–water partition coefficient (Wildman–Crippen LogP) is 3.50. The van der Waals surface area contributed by atoms with Gasteiger partial charge in [-0.3, -0.25) is 0 Å². The van der Waals surface area contributed by atoms with Crippen LogP contribution in [0.3, 0.4) is 0 Å². The van der Waals surface area contributed by atoms with E-state index in [2.05, 4.69) is 21.2 Å². The van der Waals surface area contributed by atoms with Gasteiger partial charge in [0.05, 0.1) is 6.10 Å². The molecule has 1 aromatic rings. The molecular weight excluding hydrogens is 302 g/mol. The van der Waals surface area contributed by atoms with E-state index in [1.54, 1.807) is 0 Å². The molecule has 1 aliphatic rings. The summed E-state index contributed by atoms with van der Waals surface area (Å²) < 4.78 is 1.09. The Labute approximate surface area is 115 Å². The molecule has 0 aromatic heterocycles. The highest BCUT2D eigenvalue weighted by molar-refractivity contribution is 9.10. The molecule has 0 heterocycles. The quantitative estimate of drug-likeness (QED) is 0.894. The minimum atomic E-state index is -0.0917. The fourth-order valence-corrected chi connectivity index (χ4v) is 2.79. The molecule has 0 amide bonds. The second-order valence-corrected chi connectivity index (χ2v) is 5.91. The molecule has 0 aliphatic heterocycles. The topological polar surface area (TPSA) is 32.3 Å². The van der Waals surface area contributed by atoms with Crippen molar-refractivity contribution in [3.05, 3.63) is 33.3 Å². The average Bonchev–Trinajstić information content (AvgIpc) is 2.32. The Bertz CT molecular complexity index is 378. The standard InChI is InChI=1S/C13H17BrClNO/c14-13-6-1-10(15)7-9(13)8-16-11-2-4-12(17)5-3-11/h1,6-7,11-12,16-17H,2-5,8H2. The third kappa shape index (κ3) is 3.95. The highest BCUT2D eigenvalue weighted by Gasteiger charge is 2.18. The first-order valence-corrected chi connectivity index (χ1v) is 7.17. The molecule has 1 aliphatic carbocycles. The van der Waals surface area contributed by atoms with Gasteiger partial charge in [-0.2, -0.15) is 0 Å². The van der Waals surface area contributed by atoms with Gasteiger partial charge < -0.3 is 10.4 Å². The monoisotopic (exact) mass is 317 g/mol. The zero-order valence-corrected chi connectivity index (χ0v) is 12.0. The summed E-state index contributed by atoms with van der Waals surface area (Å²) in [4.78, 5) is 0. The molecular formula is C13H17BrClNO. The summed E-state index contributed by atoms with van der Waals surface area (Å²) in [5.41, 5.74) is 1.18. The van der Waals surface area contributed by atoms with Crippen LogP contribution in [0.1, 0.15) is 31.2 Å². The van der Waals surface area contributed by atoms with Crippen molar-refractivity contribution in [2.24, 2.45) is 0 Å². The zero-order chi connectivity index (χ0) is 12.3. The summed E-state index contributed by atoms with van der Waals surface area (Å²) in [7, 11) is 0. The van der Waals surface area contributed by atoms with Gasteiger partial charge in [0.2, 0.25) is 0 Å². The zero-order valence-electron chi connectivity index (χ0n) is 9.63. The van der Waals surface area contributed by atoms with Crippen LogP contribution in [0.2, 0.25) is 5.02 Å². The van der Waals surface area contributed by atoms with Crippen LogP contribution in [-0.4, -0.2) is 17.3 Å². The van der Waals surface area contributed by atoms with Crippen LogP contribution in [0.5, 0.6) is 0 Å². The number of rotatable bonds is 3. The van der Waals surface area contributed by atoms with Crippen molar-refractivity contribution in [3.63, 3.8) is 0 Å². The maximum atomic E-state index is 9.44. The lowest BCUT2D eigenvalue weighted by Crippen LogP contribution is -2.34. The van der Waals surface area contributed by atoms with Gasteiger partial charge >= 0.3 is 0 Å². The normalized spacial score (nSPS) is 24.9. The minimum absolute atomic E-state index is 0.0917. The summed E-state index contributed by atoms with van der Waals surface area (Å²) in [5.74, 6) is 0. The summed E-state index contributed by atoms with van der Waals surface area (Å²) in [6.45, 7) is 0.821. The van der Waals surface area contributed by atoms with Crippen LogP contribution >= 0.6 is 27.5 Å². The smallest absolute Gasteiger partial charge is 0.0541 e. The molecule has 2 rings (SSSR count). The number of aliphatic hydroxyl groups is 1. The number of aliphatic hydroxyl groups excluding tert-OH is 1. The molecule has 2 nitrogen and oxygen atoms in total. The maximum absolute atomic E-state index is 9.44. The Balaban J connectivity index is 1.87. The lowest BCUT2D eigenvalue weighted by Gasteiger charge is -2.26. The maximum Gasteiger partial charge on any atom is 0.0541 e. The predicted molar refractivity (Wildman–Crippen MR) is 74.3 cm³/mol. The molecule has 0 spiro atoms. The van der Waals surface area contributed by atoms with E-state index in [9.17, 15) is 5.11 Å². The Morgan fingerprint density at radius 3 is 2.71 bits per heavy atom. The van der Waals surface area contributed by atoms with Crippen molar-refractivity contribution in [3.8, 4) is 0 Å². The Morgan fingerprint density at radius 2 is 2.00 bits per heavy atom. The van der Waals surface area contributed by atoms with Gasteiger partial charge in [0, 0.05) is 22.1 Å². The fraction of sp³-hybridized carbons (Fsp3) is 0.538. The number of nitrogens with one attached hydrogen (secondary N) is 1. The van der Waals surface area contributed by atoms with Gasteiger partial charge in [-0.25, -0.2) is 0 Å². The van der Waals surface area contributed by atoms with E-state index in [1.165, 1.54) is 5.56 Å². The van der Waals surface area contributed by atoms with Gasteiger partial charge in [-0.1, -0.05) is 27.5 Å². The number of hydrogen-bond acceptors (Lipinski definition) is 2. The summed E-state index contributed by atoms with van der Waals surface area (Å²) >= 11 is 9.50. The first-order chi connectivity index (χ1) is 8.15. The highest BCUT2D eigenvalue weighted by Crippen LogP contribution is 2.23. The molecule has 17 heavy (non-hydrogen) atoms. The van der Waals surface area contributed by atoms with Crippen molar-refractivity contribution in [1.29, 1.82) is 0 Å². The van der Waals surface area contributed by atoms with E-state index in [-0.39, 0.29) is 6.10 Å². The number of benzene rings is 1. The largest absolute Gasteiger partial charge is 0.393 e. The number of hydrogen-bond donors (Lipinski definition) is 2. The second kappa shape index (κ2) is 6.19. The van der Waals surface area contributed by atoms with Crippen molar-refractivity contribution in [1.82, 2.24) is 5.32 Å². The Hall–Kier alpha value is -0.0900. The molecule has 1 fully saturated rings. The van der Waals surface area contributed by atoms with Gasteiger partial charge in [-0.15, -0.1) is 0 Å². The van der Waals surface area contributed by atoms with Crippen LogP contribution in [0, 0.1) is 0 Å². The lowest BCUT2D eigenvalue weighted by atomic mass is 9.93. The number of halogens is 2. The Morgan fingerprint density at radius 1 is 1.29 bits per heavy atom. The Kier molecular flexibility index (Phi) is 4.86. The van der Waals surface area contributed by atoms with Crippen LogP contribution in [-0.2, 0) is 6.54 Å². The fourth-order valence-electron chi connectivity index (χ4n) is 2.21. The molecule has 0 radical (unpaired) electrons. The average molecular weight is 319 g/mol. The molecule has 0 atom stereocenters. The summed E-state index contributed by atoms with van der Waals surface area (Å²) in [5, 5.41) is 13.7. The summed E-state index contributed by atoms with van der Waals surface area (Å²) in [6.07, 6.45) is 3.84. The van der Waals surface area contributed by atoms with Crippen molar-refractivity contribution < 1.29 is 5.11 Å². The third-order valence-electron chi connectivity index (χ3n) is 3.29. The van der Waals surface area contributed by atoms with E-state index in [4.69, 9.17) is 11.6 Å². The molecule has 94 valence electrons. The first-order valence-electron chi connectivity index (χ1n) is 6.00. The van der Waals surface area contributed by atoms with E-state index < -0.39 is 0 Å². The summed E-state index contributed by atoms with van der Waals surface area (Å²) in [6, 6.07) is 6.36. The van der Waals surface area contributed by atoms with E-state index in [0.29, 0.717) is 6.04 Å². The molecule has 1 aromatic carbocycles.